The van der Waals surface area contributed by atoms with Gasteiger partial charge in [0.2, 0.25) is 5.91 Å². The number of hydrogen-bond donors (Lipinski definition) is 2. The van der Waals surface area contributed by atoms with Crippen molar-refractivity contribution in [2.24, 2.45) is 5.92 Å². The summed E-state index contributed by atoms with van der Waals surface area (Å²) in [5.41, 5.74) is 0.375. The number of carbonyl (C=O) groups is 1. The summed E-state index contributed by atoms with van der Waals surface area (Å²) in [5, 5.41) is 6.08. The predicted molar refractivity (Wildman–Crippen MR) is 80.0 cm³/mol. The Kier molecular flexibility index (Phi) is 6.27. The van der Waals surface area contributed by atoms with E-state index in [0.29, 0.717) is 18.0 Å². The average Bonchev–Trinajstić information content (AvgIpc) is 2.98. The summed E-state index contributed by atoms with van der Waals surface area (Å²) in [6.07, 6.45) is -2.33. The molecule has 0 radical (unpaired) electrons. The molecule has 0 bridgehead atoms. The van der Waals surface area contributed by atoms with Gasteiger partial charge in [-0.2, -0.15) is 0 Å². The summed E-state index contributed by atoms with van der Waals surface area (Å²) in [6.45, 7) is 2.61. The Bertz CT molecular complexity index is 514. The molecule has 0 aromatic heterocycles. The second-order valence-corrected chi connectivity index (χ2v) is 5.65. The molecule has 1 amide bonds. The minimum Gasteiger partial charge on any atom is -0.406 e. The number of carbonyl (C=O) groups excluding carboxylic acids is 1. The quantitative estimate of drug-likeness (QED) is 0.808. The lowest BCUT2D eigenvalue weighted by molar-refractivity contribution is -0.274. The fourth-order valence-electron chi connectivity index (χ4n) is 2.65. The van der Waals surface area contributed by atoms with Gasteiger partial charge in [0.05, 0.1) is 0 Å². The van der Waals surface area contributed by atoms with Gasteiger partial charge in [-0.1, -0.05) is 18.2 Å². The maximum Gasteiger partial charge on any atom is 0.573 e. The van der Waals surface area contributed by atoms with E-state index in [1.54, 1.807) is 12.1 Å². The van der Waals surface area contributed by atoms with Crippen LogP contribution in [-0.2, 0) is 11.2 Å². The first-order valence-electron chi connectivity index (χ1n) is 7.75. The molecular formula is C16H21F3N2O2. The second kappa shape index (κ2) is 8.19. The number of aryl methyl sites for hydroxylation is 1. The van der Waals surface area contributed by atoms with Crippen molar-refractivity contribution < 1.29 is 22.7 Å². The van der Waals surface area contributed by atoms with Crippen LogP contribution in [-0.4, -0.2) is 31.9 Å². The Morgan fingerprint density at radius 3 is 2.83 bits per heavy atom. The Morgan fingerprint density at radius 2 is 2.13 bits per heavy atom. The molecule has 1 aliphatic rings. The van der Waals surface area contributed by atoms with Gasteiger partial charge in [0.15, 0.2) is 0 Å². The summed E-state index contributed by atoms with van der Waals surface area (Å²) >= 11 is 0. The van der Waals surface area contributed by atoms with E-state index >= 15 is 0 Å². The molecule has 1 unspecified atom stereocenters. The number of para-hydroxylation sites is 1. The van der Waals surface area contributed by atoms with Crippen molar-refractivity contribution in [1.29, 1.82) is 0 Å². The second-order valence-electron chi connectivity index (χ2n) is 5.65. The van der Waals surface area contributed by atoms with Gasteiger partial charge in [-0.05, 0) is 49.9 Å². The molecule has 7 heteroatoms. The topological polar surface area (TPSA) is 50.4 Å². The Morgan fingerprint density at radius 1 is 1.35 bits per heavy atom. The zero-order chi connectivity index (χ0) is 16.7. The van der Waals surface area contributed by atoms with Crippen molar-refractivity contribution in [2.45, 2.75) is 32.0 Å². The summed E-state index contributed by atoms with van der Waals surface area (Å²) in [7, 11) is 0. The maximum absolute atomic E-state index is 12.3. The highest BCUT2D eigenvalue weighted by Crippen LogP contribution is 2.26. The average molecular weight is 330 g/mol. The molecule has 1 aromatic rings. The van der Waals surface area contributed by atoms with Crippen molar-refractivity contribution in [3.05, 3.63) is 29.8 Å². The molecule has 128 valence electrons. The van der Waals surface area contributed by atoms with Crippen molar-refractivity contribution in [3.8, 4) is 5.75 Å². The molecule has 1 atom stereocenters. The van der Waals surface area contributed by atoms with E-state index in [9.17, 15) is 18.0 Å². The lowest BCUT2D eigenvalue weighted by atomic mass is 10.1. The third kappa shape index (κ3) is 6.48. The van der Waals surface area contributed by atoms with E-state index in [-0.39, 0.29) is 24.5 Å². The van der Waals surface area contributed by atoms with Crippen LogP contribution in [0.25, 0.3) is 0 Å². The normalized spacial score (nSPS) is 18.0. The lowest BCUT2D eigenvalue weighted by Crippen LogP contribution is -2.26. The molecule has 1 aliphatic heterocycles. The first-order valence-corrected chi connectivity index (χ1v) is 7.75. The highest BCUT2D eigenvalue weighted by molar-refractivity contribution is 5.76. The van der Waals surface area contributed by atoms with Gasteiger partial charge in [-0.3, -0.25) is 4.79 Å². The minimum atomic E-state index is -4.73. The van der Waals surface area contributed by atoms with Crippen LogP contribution in [0.5, 0.6) is 5.75 Å². The van der Waals surface area contributed by atoms with Gasteiger partial charge in [-0.15, -0.1) is 13.2 Å². The smallest absolute Gasteiger partial charge is 0.406 e. The van der Waals surface area contributed by atoms with Crippen molar-refractivity contribution in [2.75, 3.05) is 19.6 Å². The Labute approximate surface area is 133 Å². The zero-order valence-electron chi connectivity index (χ0n) is 12.8. The summed E-state index contributed by atoms with van der Waals surface area (Å²) in [4.78, 5) is 11.8. The monoisotopic (exact) mass is 330 g/mol. The fourth-order valence-corrected chi connectivity index (χ4v) is 2.65. The number of ether oxygens (including phenoxy) is 1. The summed E-state index contributed by atoms with van der Waals surface area (Å²) in [6, 6.07) is 5.90. The molecular weight excluding hydrogens is 309 g/mol. The minimum absolute atomic E-state index is 0.140. The van der Waals surface area contributed by atoms with Crippen LogP contribution in [0.15, 0.2) is 24.3 Å². The van der Waals surface area contributed by atoms with Crippen LogP contribution in [0, 0.1) is 5.92 Å². The number of rotatable bonds is 7. The molecule has 1 aromatic carbocycles. The SMILES string of the molecule is O=C(CCc1ccccc1OC(F)(F)F)NCCC1CCNC1. The van der Waals surface area contributed by atoms with Gasteiger partial charge >= 0.3 is 6.36 Å². The number of nitrogens with one attached hydrogen (secondary N) is 2. The van der Waals surface area contributed by atoms with E-state index in [1.807, 2.05) is 0 Å². The molecule has 4 nitrogen and oxygen atoms in total. The Hall–Kier alpha value is -1.76. The van der Waals surface area contributed by atoms with E-state index in [4.69, 9.17) is 0 Å². The van der Waals surface area contributed by atoms with Crippen LogP contribution >= 0.6 is 0 Å². The van der Waals surface area contributed by atoms with Crippen molar-refractivity contribution in [1.82, 2.24) is 10.6 Å². The molecule has 1 heterocycles. The number of alkyl halides is 3. The molecule has 2 rings (SSSR count). The van der Waals surface area contributed by atoms with E-state index in [1.165, 1.54) is 12.1 Å². The molecule has 0 saturated carbocycles. The molecule has 0 spiro atoms. The number of amides is 1. The summed E-state index contributed by atoms with van der Waals surface area (Å²) < 4.78 is 41.0. The maximum atomic E-state index is 12.3. The molecule has 23 heavy (non-hydrogen) atoms. The standard InChI is InChI=1S/C16H21F3N2O2/c17-16(18,19)23-14-4-2-1-3-13(14)5-6-15(22)21-10-8-12-7-9-20-11-12/h1-4,12,20H,5-11H2,(H,21,22). The van der Waals surface area contributed by atoms with Crippen LogP contribution in [0.4, 0.5) is 13.2 Å². The molecule has 0 aliphatic carbocycles. The van der Waals surface area contributed by atoms with E-state index in [0.717, 1.165) is 25.9 Å². The third-order valence-corrected chi connectivity index (χ3v) is 3.86. The third-order valence-electron chi connectivity index (χ3n) is 3.86. The van der Waals surface area contributed by atoms with Crippen LogP contribution < -0.4 is 15.4 Å². The molecule has 1 saturated heterocycles. The number of halogens is 3. The van der Waals surface area contributed by atoms with Crippen LogP contribution in [0.1, 0.15) is 24.8 Å². The van der Waals surface area contributed by atoms with Gasteiger partial charge in [0.1, 0.15) is 5.75 Å². The van der Waals surface area contributed by atoms with Crippen molar-refractivity contribution in [3.63, 3.8) is 0 Å². The fraction of sp³-hybridized carbons (Fsp3) is 0.562. The summed E-state index contributed by atoms with van der Waals surface area (Å²) in [5.74, 6) is 0.193. The Balaban J connectivity index is 1.75. The first-order chi connectivity index (χ1) is 10.9. The van der Waals surface area contributed by atoms with Crippen LogP contribution in [0.2, 0.25) is 0 Å². The molecule has 2 N–H and O–H groups in total. The first kappa shape index (κ1) is 17.6. The van der Waals surface area contributed by atoms with Gasteiger partial charge in [-0.25, -0.2) is 0 Å². The zero-order valence-corrected chi connectivity index (χ0v) is 12.8. The predicted octanol–water partition coefficient (Wildman–Crippen LogP) is 2.63. The van der Waals surface area contributed by atoms with Gasteiger partial charge < -0.3 is 15.4 Å². The van der Waals surface area contributed by atoms with E-state index in [2.05, 4.69) is 15.4 Å². The highest BCUT2D eigenvalue weighted by Gasteiger charge is 2.31. The molecule has 1 fully saturated rings. The largest absolute Gasteiger partial charge is 0.573 e. The lowest BCUT2D eigenvalue weighted by Gasteiger charge is -2.13. The number of hydrogen-bond acceptors (Lipinski definition) is 3. The van der Waals surface area contributed by atoms with E-state index < -0.39 is 6.36 Å². The van der Waals surface area contributed by atoms with Gasteiger partial charge in [0, 0.05) is 13.0 Å². The van der Waals surface area contributed by atoms with Gasteiger partial charge in [0.25, 0.3) is 0 Å². The number of benzene rings is 1. The highest BCUT2D eigenvalue weighted by atomic mass is 19.4. The van der Waals surface area contributed by atoms with Crippen molar-refractivity contribution >= 4 is 5.91 Å². The van der Waals surface area contributed by atoms with Crippen LogP contribution in [0.3, 0.4) is 0 Å².